The molecule has 2 saturated carbocycles. The highest BCUT2D eigenvalue weighted by atomic mass is 35.5. The van der Waals surface area contributed by atoms with Gasteiger partial charge in [0.05, 0.1) is 33.7 Å². The Morgan fingerprint density at radius 3 is 2.52 bits per heavy atom. The minimum atomic E-state index is -1.06. The number of aliphatic hydroxyl groups is 1. The van der Waals surface area contributed by atoms with Crippen LogP contribution < -0.4 is 10.2 Å². The Labute approximate surface area is 200 Å². The third kappa shape index (κ3) is 3.15. The zero-order chi connectivity index (χ0) is 22.3. The highest BCUT2D eigenvalue weighted by Gasteiger charge is 2.55. The maximum atomic E-state index is 13.1. The molecule has 0 spiro atoms. The van der Waals surface area contributed by atoms with Crippen molar-refractivity contribution in [1.29, 1.82) is 0 Å². The smallest absolute Gasteiger partial charge is 0.228 e. The topological polar surface area (TPSA) is 104 Å². The fourth-order valence-corrected chi connectivity index (χ4v) is 8.28. The Morgan fingerprint density at radius 1 is 1.15 bits per heavy atom. The molecule has 3 aliphatic heterocycles. The maximum absolute atomic E-state index is 13.1. The number of nitrogens with one attached hydrogen (secondary N) is 1. The van der Waals surface area contributed by atoms with Crippen LogP contribution in [0.15, 0.2) is 17.3 Å². The number of hydrogen-bond acceptors (Lipinski definition) is 8. The number of hydrogen-bond donors (Lipinski definition) is 2. The van der Waals surface area contributed by atoms with Gasteiger partial charge in [0.2, 0.25) is 5.95 Å². The molecule has 2 saturated heterocycles. The van der Waals surface area contributed by atoms with Gasteiger partial charge in [0.1, 0.15) is 16.5 Å². The van der Waals surface area contributed by atoms with Crippen LogP contribution in [-0.2, 0) is 10.8 Å². The average Bonchev–Trinajstić information content (AvgIpc) is 3.49. The van der Waals surface area contributed by atoms with Crippen molar-refractivity contribution in [2.45, 2.75) is 91.0 Å². The molecule has 2 aromatic heterocycles. The second-order valence-corrected chi connectivity index (χ2v) is 12.4. The molecule has 2 aromatic rings. The van der Waals surface area contributed by atoms with Gasteiger partial charge in [-0.1, -0.05) is 11.6 Å². The predicted octanol–water partition coefficient (Wildman–Crippen LogP) is 3.14. The summed E-state index contributed by atoms with van der Waals surface area (Å²) >= 11 is 5.99. The first-order valence-corrected chi connectivity index (χ1v) is 13.6. The van der Waals surface area contributed by atoms with Gasteiger partial charge in [-0.3, -0.25) is 4.21 Å². The van der Waals surface area contributed by atoms with E-state index in [1.54, 1.807) is 12.4 Å². The zero-order valence-electron chi connectivity index (χ0n) is 18.3. The van der Waals surface area contributed by atoms with E-state index >= 15 is 0 Å². The van der Waals surface area contributed by atoms with E-state index in [9.17, 15) is 9.32 Å². The number of anilines is 2. The number of aliphatic hydroxyl groups excluding tert-OH is 1. The van der Waals surface area contributed by atoms with Crippen LogP contribution in [0, 0.1) is 0 Å². The van der Waals surface area contributed by atoms with Crippen molar-refractivity contribution in [2.75, 3.05) is 16.8 Å². The van der Waals surface area contributed by atoms with Crippen molar-refractivity contribution in [3.63, 3.8) is 0 Å². The van der Waals surface area contributed by atoms with Crippen LogP contribution in [0.25, 0.3) is 0 Å². The molecule has 5 aliphatic rings. The molecular weight excluding hydrogens is 460 g/mol. The van der Waals surface area contributed by atoms with Crippen molar-refractivity contribution in [3.05, 3.63) is 28.9 Å². The standard InChI is InChI=1S/C23H27ClN6O2S/c24-13-9-25-20(26-10-13)12-6-14-2-3-15(7-12)30(14)22-27-18-16-8-17(16)33(32)19(18)21(28-22)29-23(11-31)4-1-5-23/h9-10,12,14-17,31H,1-8,11H2,(H,27,28,29). The van der Waals surface area contributed by atoms with Gasteiger partial charge in [0, 0.05) is 41.6 Å². The summed E-state index contributed by atoms with van der Waals surface area (Å²) in [6, 6.07) is 0.688. The first-order valence-electron chi connectivity index (χ1n) is 12.0. The molecule has 5 heterocycles. The quantitative estimate of drug-likeness (QED) is 0.664. The molecule has 5 unspecified atom stereocenters. The van der Waals surface area contributed by atoms with Crippen molar-refractivity contribution in [1.82, 2.24) is 19.9 Å². The van der Waals surface area contributed by atoms with Crippen LogP contribution in [0.5, 0.6) is 0 Å². The van der Waals surface area contributed by atoms with Crippen LogP contribution in [0.1, 0.15) is 74.7 Å². The number of piperidine rings is 1. The first-order chi connectivity index (χ1) is 16.0. The Morgan fingerprint density at radius 2 is 1.88 bits per heavy atom. The summed E-state index contributed by atoms with van der Waals surface area (Å²) in [6.45, 7) is 0.0678. The molecule has 2 aliphatic carbocycles. The second kappa shape index (κ2) is 7.33. The molecule has 2 N–H and O–H groups in total. The van der Waals surface area contributed by atoms with Gasteiger partial charge in [-0.25, -0.2) is 15.0 Å². The van der Waals surface area contributed by atoms with E-state index in [0.29, 0.717) is 34.8 Å². The lowest BCUT2D eigenvalue weighted by Gasteiger charge is -2.42. The Bertz CT molecular complexity index is 1120. The van der Waals surface area contributed by atoms with E-state index in [-0.39, 0.29) is 17.4 Å². The Kier molecular flexibility index (Phi) is 4.56. The largest absolute Gasteiger partial charge is 0.394 e. The SMILES string of the molecule is O=S1c2c(NC3(CO)CCC3)nc(N3C4CCC3CC(c3ncc(Cl)cn3)C4)nc2C2CC21. The average molecular weight is 487 g/mol. The monoisotopic (exact) mass is 486 g/mol. The normalized spacial score (nSPS) is 35.0. The summed E-state index contributed by atoms with van der Waals surface area (Å²) in [6.07, 6.45) is 11.4. The molecule has 0 aromatic carbocycles. The van der Waals surface area contributed by atoms with E-state index in [0.717, 1.165) is 73.7 Å². The fourth-order valence-electron chi connectivity index (χ4n) is 6.38. The second-order valence-electron chi connectivity index (χ2n) is 10.4. The zero-order valence-corrected chi connectivity index (χ0v) is 19.9. The molecule has 7 rings (SSSR count). The number of nitrogens with zero attached hydrogens (tertiary/aromatic N) is 5. The van der Waals surface area contributed by atoms with Gasteiger partial charge < -0.3 is 15.3 Å². The molecule has 8 nitrogen and oxygen atoms in total. The molecule has 10 heteroatoms. The third-order valence-corrected chi connectivity index (χ3v) is 10.5. The van der Waals surface area contributed by atoms with Gasteiger partial charge in [-0.2, -0.15) is 4.98 Å². The minimum absolute atomic E-state index is 0.0678. The number of fused-ring (bicyclic) bond motifs is 5. The summed E-state index contributed by atoms with van der Waals surface area (Å²) in [4.78, 5) is 22.2. The van der Waals surface area contributed by atoms with E-state index < -0.39 is 10.8 Å². The first kappa shape index (κ1) is 20.5. The molecule has 5 atom stereocenters. The molecule has 2 bridgehead atoms. The van der Waals surface area contributed by atoms with Crippen LogP contribution >= 0.6 is 11.6 Å². The summed E-state index contributed by atoms with van der Waals surface area (Å²) in [5.74, 6) is 2.94. The number of aromatic nitrogens is 4. The summed E-state index contributed by atoms with van der Waals surface area (Å²) in [5.41, 5.74) is 0.634. The lowest BCUT2D eigenvalue weighted by atomic mass is 9.77. The van der Waals surface area contributed by atoms with Gasteiger partial charge in [0.25, 0.3) is 0 Å². The molecule has 0 amide bonds. The van der Waals surface area contributed by atoms with Crippen molar-refractivity contribution in [2.24, 2.45) is 0 Å². The van der Waals surface area contributed by atoms with Gasteiger partial charge >= 0.3 is 0 Å². The van der Waals surface area contributed by atoms with Crippen LogP contribution in [0.3, 0.4) is 0 Å². The van der Waals surface area contributed by atoms with Gasteiger partial charge in [0.15, 0.2) is 0 Å². The predicted molar refractivity (Wildman–Crippen MR) is 125 cm³/mol. The van der Waals surface area contributed by atoms with Gasteiger partial charge in [-0.05, 0) is 51.4 Å². The summed E-state index contributed by atoms with van der Waals surface area (Å²) < 4.78 is 13.1. The molecule has 174 valence electrons. The van der Waals surface area contributed by atoms with Crippen molar-refractivity contribution in [3.8, 4) is 0 Å². The number of halogens is 1. The van der Waals surface area contributed by atoms with E-state index in [4.69, 9.17) is 21.6 Å². The molecule has 33 heavy (non-hydrogen) atoms. The highest BCUT2D eigenvalue weighted by molar-refractivity contribution is 7.86. The molecule has 4 fully saturated rings. The Balaban J connectivity index is 1.23. The van der Waals surface area contributed by atoms with Crippen molar-refractivity contribution < 1.29 is 9.32 Å². The van der Waals surface area contributed by atoms with Crippen molar-refractivity contribution >= 4 is 34.2 Å². The van der Waals surface area contributed by atoms with E-state index in [2.05, 4.69) is 20.2 Å². The van der Waals surface area contributed by atoms with Crippen LogP contribution in [0.4, 0.5) is 11.8 Å². The summed E-state index contributed by atoms with van der Waals surface area (Å²) in [7, 11) is -1.06. The summed E-state index contributed by atoms with van der Waals surface area (Å²) in [5, 5.41) is 14.3. The molecule has 0 radical (unpaired) electrons. The minimum Gasteiger partial charge on any atom is -0.394 e. The van der Waals surface area contributed by atoms with Crippen LogP contribution in [0.2, 0.25) is 5.02 Å². The lowest BCUT2D eigenvalue weighted by molar-refractivity contribution is 0.143. The highest BCUT2D eigenvalue weighted by Crippen LogP contribution is 2.56. The molecular formula is C23H27ClN6O2S. The lowest BCUT2D eigenvalue weighted by Crippen LogP contribution is -2.49. The van der Waals surface area contributed by atoms with E-state index in [1.807, 2.05) is 0 Å². The Hall–Kier alpha value is -1.84. The number of rotatable bonds is 5. The fraction of sp³-hybridized carbons (Fsp3) is 0.652. The van der Waals surface area contributed by atoms with E-state index in [1.165, 1.54) is 0 Å². The van der Waals surface area contributed by atoms with Gasteiger partial charge in [-0.15, -0.1) is 0 Å². The van der Waals surface area contributed by atoms with Crippen LogP contribution in [-0.4, -0.2) is 58.7 Å². The third-order valence-electron chi connectivity index (χ3n) is 8.41. The maximum Gasteiger partial charge on any atom is 0.228 e.